The van der Waals surface area contributed by atoms with E-state index in [0.717, 1.165) is 24.9 Å². The molecule has 0 amide bonds. The van der Waals surface area contributed by atoms with Gasteiger partial charge >= 0.3 is 5.97 Å². The number of unbranched alkanes of at least 4 members (excludes halogenated alkanes) is 3. The first-order chi connectivity index (χ1) is 12.7. The highest BCUT2D eigenvalue weighted by atomic mass is 16.5. The fourth-order valence-corrected chi connectivity index (χ4v) is 2.51. The van der Waals surface area contributed by atoms with Crippen molar-refractivity contribution in [1.82, 2.24) is 0 Å². The van der Waals surface area contributed by atoms with Crippen LogP contribution in [0.2, 0.25) is 0 Å². The summed E-state index contributed by atoms with van der Waals surface area (Å²) in [6, 6.07) is 9.54. The van der Waals surface area contributed by atoms with E-state index in [-0.39, 0.29) is 12.4 Å². The Kier molecular flexibility index (Phi) is 7.74. The number of para-hydroxylation sites is 1. The molecule has 0 bridgehead atoms. The van der Waals surface area contributed by atoms with Crippen LogP contribution in [-0.4, -0.2) is 25.0 Å². The Bertz CT molecular complexity index is 656. The molecule has 0 saturated heterocycles. The summed E-state index contributed by atoms with van der Waals surface area (Å²) in [7, 11) is 0. The van der Waals surface area contributed by atoms with Crippen LogP contribution < -0.4 is 10.7 Å². The molecule has 26 heavy (non-hydrogen) atoms. The van der Waals surface area contributed by atoms with Gasteiger partial charge in [-0.2, -0.15) is 10.1 Å². The second-order valence-corrected chi connectivity index (χ2v) is 5.98. The van der Waals surface area contributed by atoms with Gasteiger partial charge in [0, 0.05) is 0 Å². The maximum atomic E-state index is 12.2. The number of rotatable bonds is 10. The highest BCUT2D eigenvalue weighted by Gasteiger charge is 2.30. The number of carbonyl (C=O) groups excluding carboxylic acids is 1. The lowest BCUT2D eigenvalue weighted by atomic mass is 10.1. The van der Waals surface area contributed by atoms with Crippen LogP contribution in [0.4, 0.5) is 5.69 Å². The van der Waals surface area contributed by atoms with Crippen molar-refractivity contribution >= 4 is 17.5 Å². The Balaban J connectivity index is 2.16. The summed E-state index contributed by atoms with van der Waals surface area (Å²) in [5, 5.41) is 5.98. The summed E-state index contributed by atoms with van der Waals surface area (Å²) in [5.41, 5.74) is 6.83. The van der Waals surface area contributed by atoms with Crippen molar-refractivity contribution in [3.8, 4) is 0 Å². The van der Waals surface area contributed by atoms with Gasteiger partial charge in [-0.3, -0.25) is 4.79 Å². The summed E-state index contributed by atoms with van der Waals surface area (Å²) in [5.74, 6) is -0.574. The quantitative estimate of drug-likeness (QED) is 0.393. The number of ether oxygens (including phenoxy) is 2. The second-order valence-electron chi connectivity index (χ2n) is 5.98. The molecule has 6 nitrogen and oxygen atoms in total. The fourth-order valence-electron chi connectivity index (χ4n) is 2.51. The number of hydrogen-bond acceptors (Lipinski definition) is 6. The number of benzene rings is 1. The van der Waals surface area contributed by atoms with E-state index in [2.05, 4.69) is 18.6 Å². The lowest BCUT2D eigenvalue weighted by Gasteiger charge is -2.28. The normalized spacial score (nSPS) is 16.5. The molecule has 0 aliphatic carbocycles. The summed E-state index contributed by atoms with van der Waals surface area (Å²) >= 11 is 0. The zero-order chi connectivity index (χ0) is 18.8. The molecule has 1 atom stereocenters. The van der Waals surface area contributed by atoms with Gasteiger partial charge in [-0.15, -0.1) is 0 Å². The van der Waals surface area contributed by atoms with Crippen molar-refractivity contribution in [2.75, 3.05) is 18.2 Å². The van der Waals surface area contributed by atoms with E-state index in [1.54, 1.807) is 11.1 Å². The summed E-state index contributed by atoms with van der Waals surface area (Å²) < 4.78 is 11.0. The molecule has 0 aromatic heterocycles. The zero-order valence-electron chi connectivity index (χ0n) is 15.3. The van der Waals surface area contributed by atoms with E-state index in [0.29, 0.717) is 12.5 Å². The minimum Gasteiger partial charge on any atom is -0.478 e. The minimum atomic E-state index is -0.763. The Labute approximate surface area is 155 Å². The first-order valence-electron chi connectivity index (χ1n) is 8.98. The average molecular weight is 357 g/mol. The molecule has 0 saturated carbocycles. The highest BCUT2D eigenvalue weighted by Crippen LogP contribution is 2.26. The molecule has 1 aromatic carbocycles. The van der Waals surface area contributed by atoms with Crippen LogP contribution in [0.15, 0.2) is 60.0 Å². The number of nitrogens with zero attached hydrogens (tertiary/aromatic N) is 2. The van der Waals surface area contributed by atoms with E-state index in [1.165, 1.54) is 12.5 Å². The Morgan fingerprint density at radius 1 is 1.31 bits per heavy atom. The van der Waals surface area contributed by atoms with Crippen LogP contribution in [-0.2, 0) is 14.3 Å². The van der Waals surface area contributed by atoms with Crippen LogP contribution >= 0.6 is 0 Å². The van der Waals surface area contributed by atoms with Gasteiger partial charge in [0.05, 0.1) is 12.3 Å². The van der Waals surface area contributed by atoms with Gasteiger partial charge in [0.1, 0.15) is 18.4 Å². The Morgan fingerprint density at radius 3 is 2.77 bits per heavy atom. The number of carbonyl (C=O) groups is 1. The van der Waals surface area contributed by atoms with Gasteiger partial charge < -0.3 is 15.2 Å². The lowest BCUT2D eigenvalue weighted by molar-refractivity contribution is -0.143. The molecular weight excluding hydrogens is 330 g/mol. The molecular formula is C20H27N3O3. The zero-order valence-corrected chi connectivity index (χ0v) is 15.3. The number of nitrogens with two attached hydrogens (primary N) is 1. The van der Waals surface area contributed by atoms with Gasteiger partial charge in [-0.1, -0.05) is 57.0 Å². The molecule has 1 aliphatic rings. The van der Waals surface area contributed by atoms with E-state index >= 15 is 0 Å². The van der Waals surface area contributed by atoms with Crippen LogP contribution in [0.25, 0.3) is 0 Å². The van der Waals surface area contributed by atoms with Crippen molar-refractivity contribution in [3.05, 3.63) is 54.9 Å². The number of hydrazone groups is 1. The Morgan fingerprint density at radius 2 is 2.08 bits per heavy atom. The van der Waals surface area contributed by atoms with Crippen LogP contribution in [0, 0.1) is 5.92 Å². The van der Waals surface area contributed by atoms with Crippen molar-refractivity contribution in [3.63, 3.8) is 0 Å². The third kappa shape index (κ3) is 5.37. The molecule has 1 aliphatic heterocycles. The van der Waals surface area contributed by atoms with Crippen LogP contribution in [0.1, 0.15) is 32.6 Å². The maximum absolute atomic E-state index is 12.2. The minimum absolute atomic E-state index is 0.131. The Hall–Kier alpha value is -2.76. The summed E-state index contributed by atoms with van der Waals surface area (Å²) in [6.45, 7) is 6.39. The molecule has 1 aromatic rings. The van der Waals surface area contributed by atoms with Gasteiger partial charge in [-0.25, -0.2) is 0 Å². The SMILES string of the molecule is C=CCOC(=O)C1C=C(OCCCCCC)N(c2ccccc2)N=C1N. The van der Waals surface area contributed by atoms with Crippen LogP contribution in [0.5, 0.6) is 0 Å². The predicted molar refractivity (Wildman–Crippen MR) is 103 cm³/mol. The molecule has 1 unspecified atom stereocenters. The molecule has 140 valence electrons. The van der Waals surface area contributed by atoms with Gasteiger partial charge in [0.2, 0.25) is 5.88 Å². The first-order valence-corrected chi connectivity index (χ1v) is 8.98. The van der Waals surface area contributed by atoms with Gasteiger partial charge in [0.25, 0.3) is 0 Å². The molecule has 6 heteroatoms. The smallest absolute Gasteiger partial charge is 0.321 e. The number of hydrogen-bond donors (Lipinski definition) is 1. The summed E-state index contributed by atoms with van der Waals surface area (Å²) in [4.78, 5) is 12.2. The molecule has 0 fully saturated rings. The molecule has 2 rings (SSSR count). The molecule has 0 radical (unpaired) electrons. The number of anilines is 1. The van der Waals surface area contributed by atoms with E-state index in [9.17, 15) is 4.79 Å². The third-order valence-electron chi connectivity index (χ3n) is 3.90. The third-order valence-corrected chi connectivity index (χ3v) is 3.90. The highest BCUT2D eigenvalue weighted by molar-refractivity contribution is 6.03. The second kappa shape index (κ2) is 10.3. The van der Waals surface area contributed by atoms with Crippen molar-refractivity contribution in [1.29, 1.82) is 0 Å². The van der Waals surface area contributed by atoms with E-state index in [1.807, 2.05) is 30.3 Å². The van der Waals surface area contributed by atoms with Crippen molar-refractivity contribution in [2.45, 2.75) is 32.6 Å². The fraction of sp³-hybridized carbons (Fsp3) is 0.400. The van der Waals surface area contributed by atoms with E-state index < -0.39 is 11.9 Å². The van der Waals surface area contributed by atoms with Gasteiger partial charge in [-0.05, 0) is 24.6 Å². The standard InChI is InChI=1S/C20H27N3O3/c1-3-5-6-10-14-25-18-15-17(20(24)26-13-4-2)19(21)22-23(18)16-11-8-7-9-12-16/h4,7-9,11-12,15,17H,2-3,5-6,10,13-14H2,1H3,(H2,21,22). The maximum Gasteiger partial charge on any atom is 0.321 e. The van der Waals surface area contributed by atoms with E-state index in [4.69, 9.17) is 15.2 Å². The topological polar surface area (TPSA) is 77.2 Å². The number of esters is 1. The monoisotopic (exact) mass is 357 g/mol. The largest absolute Gasteiger partial charge is 0.478 e. The molecule has 2 N–H and O–H groups in total. The molecule has 1 heterocycles. The molecule has 0 spiro atoms. The summed E-state index contributed by atoms with van der Waals surface area (Å²) in [6.07, 6.45) is 7.56. The van der Waals surface area contributed by atoms with Crippen molar-refractivity contribution < 1.29 is 14.3 Å². The van der Waals surface area contributed by atoms with Crippen LogP contribution in [0.3, 0.4) is 0 Å². The van der Waals surface area contributed by atoms with Crippen molar-refractivity contribution in [2.24, 2.45) is 16.8 Å². The van der Waals surface area contributed by atoms with Gasteiger partial charge in [0.15, 0.2) is 0 Å². The average Bonchev–Trinajstić information content (AvgIpc) is 2.67. The first kappa shape index (κ1) is 19.6. The lowest BCUT2D eigenvalue weighted by Crippen LogP contribution is -2.38. The number of amidine groups is 1. The predicted octanol–water partition coefficient (Wildman–Crippen LogP) is 3.56.